The molecule has 0 radical (unpaired) electrons. The van der Waals surface area contributed by atoms with Gasteiger partial charge in [0.15, 0.2) is 0 Å². The van der Waals surface area contributed by atoms with Crippen LogP contribution in [0.15, 0.2) is 42.7 Å². The van der Waals surface area contributed by atoms with E-state index < -0.39 is 0 Å². The molecule has 1 aliphatic heterocycles. The standard InChI is InChI=1S/C19H24N4O2/c24-18(15-23-12-5-4-8-19(23)25)21-10-9-17-20-11-13-22(17)14-16-6-2-1-3-7-16/h1-3,6-7,11,13H,4-5,8-10,12,14-15H2,(H,21,24). The molecule has 2 heterocycles. The Balaban J connectivity index is 1.45. The number of carbonyl (C=O) groups is 2. The molecule has 6 nitrogen and oxygen atoms in total. The Morgan fingerprint density at radius 2 is 2.04 bits per heavy atom. The number of piperidine rings is 1. The normalized spacial score (nSPS) is 14.6. The monoisotopic (exact) mass is 340 g/mol. The van der Waals surface area contributed by atoms with E-state index in [0.717, 1.165) is 25.2 Å². The molecule has 2 aromatic rings. The molecule has 0 saturated carbocycles. The van der Waals surface area contributed by atoms with Crippen molar-refractivity contribution < 1.29 is 9.59 Å². The van der Waals surface area contributed by atoms with Crippen molar-refractivity contribution in [3.05, 3.63) is 54.1 Å². The number of benzene rings is 1. The van der Waals surface area contributed by atoms with Gasteiger partial charge in [-0.3, -0.25) is 9.59 Å². The minimum atomic E-state index is -0.101. The number of nitrogens with one attached hydrogen (secondary N) is 1. The number of carbonyl (C=O) groups excluding carboxylic acids is 2. The summed E-state index contributed by atoms with van der Waals surface area (Å²) in [5.41, 5.74) is 1.22. The molecule has 1 aromatic carbocycles. The largest absolute Gasteiger partial charge is 0.354 e. The zero-order chi connectivity index (χ0) is 17.5. The van der Waals surface area contributed by atoms with Gasteiger partial charge in [0.1, 0.15) is 5.82 Å². The summed E-state index contributed by atoms with van der Waals surface area (Å²) >= 11 is 0. The molecule has 1 aliphatic rings. The van der Waals surface area contributed by atoms with Gasteiger partial charge in [-0.2, -0.15) is 0 Å². The highest BCUT2D eigenvalue weighted by Gasteiger charge is 2.20. The average molecular weight is 340 g/mol. The first kappa shape index (κ1) is 17.2. The van der Waals surface area contributed by atoms with Gasteiger partial charge >= 0.3 is 0 Å². The van der Waals surface area contributed by atoms with Crippen LogP contribution in [0.5, 0.6) is 0 Å². The maximum atomic E-state index is 12.0. The zero-order valence-corrected chi connectivity index (χ0v) is 14.4. The van der Waals surface area contributed by atoms with Crippen LogP contribution in [0.4, 0.5) is 0 Å². The Bertz CT molecular complexity index is 711. The summed E-state index contributed by atoms with van der Waals surface area (Å²) in [6, 6.07) is 10.2. The van der Waals surface area contributed by atoms with Crippen molar-refractivity contribution in [2.24, 2.45) is 0 Å². The number of amides is 2. The summed E-state index contributed by atoms with van der Waals surface area (Å²) in [6.07, 6.45) is 6.88. The Labute approximate surface area is 147 Å². The van der Waals surface area contributed by atoms with Crippen molar-refractivity contribution in [2.45, 2.75) is 32.2 Å². The SMILES string of the molecule is O=C(CN1CCCCC1=O)NCCc1nccn1Cc1ccccc1. The van der Waals surface area contributed by atoms with Crippen LogP contribution in [0.25, 0.3) is 0 Å². The van der Waals surface area contributed by atoms with E-state index >= 15 is 0 Å². The lowest BCUT2D eigenvalue weighted by Crippen LogP contribution is -2.43. The molecule has 2 amide bonds. The van der Waals surface area contributed by atoms with Crippen LogP contribution in [-0.4, -0.2) is 45.9 Å². The minimum Gasteiger partial charge on any atom is -0.354 e. The molecular weight excluding hydrogens is 316 g/mol. The van der Waals surface area contributed by atoms with E-state index in [4.69, 9.17) is 0 Å². The molecule has 1 saturated heterocycles. The highest BCUT2D eigenvalue weighted by molar-refractivity contribution is 5.85. The molecule has 0 unspecified atom stereocenters. The van der Waals surface area contributed by atoms with Gasteiger partial charge in [-0.05, 0) is 18.4 Å². The van der Waals surface area contributed by atoms with E-state index in [1.807, 2.05) is 24.4 Å². The lowest BCUT2D eigenvalue weighted by atomic mass is 10.1. The summed E-state index contributed by atoms with van der Waals surface area (Å²) in [5, 5.41) is 2.89. The molecule has 1 N–H and O–H groups in total. The Kier molecular flexibility index (Phi) is 5.82. The third kappa shape index (κ3) is 4.92. The second-order valence-corrected chi connectivity index (χ2v) is 6.33. The second kappa shape index (κ2) is 8.46. The van der Waals surface area contributed by atoms with Gasteiger partial charge in [0, 0.05) is 44.9 Å². The fourth-order valence-corrected chi connectivity index (χ4v) is 3.06. The van der Waals surface area contributed by atoms with E-state index in [9.17, 15) is 9.59 Å². The van der Waals surface area contributed by atoms with Crippen LogP contribution in [-0.2, 0) is 22.6 Å². The summed E-state index contributed by atoms with van der Waals surface area (Å²) in [7, 11) is 0. The van der Waals surface area contributed by atoms with E-state index in [2.05, 4.69) is 27.0 Å². The highest BCUT2D eigenvalue weighted by Crippen LogP contribution is 2.09. The zero-order valence-electron chi connectivity index (χ0n) is 14.4. The van der Waals surface area contributed by atoms with Crippen LogP contribution >= 0.6 is 0 Å². The van der Waals surface area contributed by atoms with Crippen molar-refractivity contribution in [3.63, 3.8) is 0 Å². The van der Waals surface area contributed by atoms with Gasteiger partial charge in [-0.25, -0.2) is 4.98 Å². The molecule has 1 fully saturated rings. The third-order valence-corrected chi connectivity index (χ3v) is 4.42. The van der Waals surface area contributed by atoms with Gasteiger partial charge in [-0.1, -0.05) is 30.3 Å². The topological polar surface area (TPSA) is 67.2 Å². The molecule has 0 bridgehead atoms. The molecule has 132 valence electrons. The molecule has 1 aromatic heterocycles. The second-order valence-electron chi connectivity index (χ2n) is 6.33. The van der Waals surface area contributed by atoms with Gasteiger partial charge in [-0.15, -0.1) is 0 Å². The number of imidazole rings is 1. The van der Waals surface area contributed by atoms with E-state index in [1.165, 1.54) is 5.56 Å². The molecule has 3 rings (SSSR count). The first-order valence-corrected chi connectivity index (χ1v) is 8.81. The number of likely N-dealkylation sites (tertiary alicyclic amines) is 1. The van der Waals surface area contributed by atoms with Crippen LogP contribution in [0, 0.1) is 0 Å². The molecule has 6 heteroatoms. The van der Waals surface area contributed by atoms with Gasteiger partial charge in [0.05, 0.1) is 6.54 Å². The first-order chi connectivity index (χ1) is 12.2. The Hall–Kier alpha value is -2.63. The number of aromatic nitrogens is 2. The minimum absolute atomic E-state index is 0.0832. The van der Waals surface area contributed by atoms with Crippen LogP contribution in [0.3, 0.4) is 0 Å². The quantitative estimate of drug-likeness (QED) is 0.832. The Morgan fingerprint density at radius 1 is 1.20 bits per heavy atom. The van der Waals surface area contributed by atoms with Crippen molar-refractivity contribution >= 4 is 11.8 Å². The van der Waals surface area contributed by atoms with Crippen LogP contribution < -0.4 is 5.32 Å². The summed E-state index contributed by atoms with van der Waals surface area (Å²) in [5.74, 6) is 0.925. The van der Waals surface area contributed by atoms with Crippen LogP contribution in [0.2, 0.25) is 0 Å². The lowest BCUT2D eigenvalue weighted by Gasteiger charge is -2.25. The van der Waals surface area contributed by atoms with Crippen LogP contribution in [0.1, 0.15) is 30.7 Å². The summed E-state index contributed by atoms with van der Waals surface area (Å²) in [4.78, 5) is 29.8. The van der Waals surface area contributed by atoms with Crippen molar-refractivity contribution in [2.75, 3.05) is 19.6 Å². The predicted molar refractivity (Wildman–Crippen MR) is 94.9 cm³/mol. The average Bonchev–Trinajstić information content (AvgIpc) is 3.05. The fourth-order valence-electron chi connectivity index (χ4n) is 3.06. The smallest absolute Gasteiger partial charge is 0.239 e. The lowest BCUT2D eigenvalue weighted by molar-refractivity contribution is -0.137. The van der Waals surface area contributed by atoms with Gasteiger partial charge < -0.3 is 14.8 Å². The highest BCUT2D eigenvalue weighted by atomic mass is 16.2. The number of hydrogen-bond acceptors (Lipinski definition) is 3. The predicted octanol–water partition coefficient (Wildman–Crippen LogP) is 1.60. The van der Waals surface area contributed by atoms with E-state index in [0.29, 0.717) is 25.9 Å². The van der Waals surface area contributed by atoms with Crippen molar-refractivity contribution in [3.8, 4) is 0 Å². The molecule has 0 spiro atoms. The number of hydrogen-bond donors (Lipinski definition) is 1. The Morgan fingerprint density at radius 3 is 2.84 bits per heavy atom. The first-order valence-electron chi connectivity index (χ1n) is 8.81. The molecular formula is C19H24N4O2. The van der Waals surface area contributed by atoms with Gasteiger partial charge in [0.2, 0.25) is 11.8 Å². The fraction of sp³-hybridized carbons (Fsp3) is 0.421. The van der Waals surface area contributed by atoms with E-state index in [-0.39, 0.29) is 18.4 Å². The third-order valence-electron chi connectivity index (χ3n) is 4.42. The maximum Gasteiger partial charge on any atom is 0.239 e. The molecule has 0 atom stereocenters. The summed E-state index contributed by atoms with van der Waals surface area (Å²) in [6.45, 7) is 2.14. The molecule has 0 aliphatic carbocycles. The maximum absolute atomic E-state index is 12.0. The number of rotatable bonds is 7. The van der Waals surface area contributed by atoms with Crippen molar-refractivity contribution in [1.29, 1.82) is 0 Å². The summed E-state index contributed by atoms with van der Waals surface area (Å²) < 4.78 is 2.09. The van der Waals surface area contributed by atoms with Crippen molar-refractivity contribution in [1.82, 2.24) is 19.8 Å². The van der Waals surface area contributed by atoms with E-state index in [1.54, 1.807) is 11.1 Å². The number of nitrogens with zero attached hydrogens (tertiary/aromatic N) is 3. The molecule has 25 heavy (non-hydrogen) atoms. The van der Waals surface area contributed by atoms with Gasteiger partial charge in [0.25, 0.3) is 0 Å².